The predicted molar refractivity (Wildman–Crippen MR) is 68.5 cm³/mol. The number of hydrogen-bond donors (Lipinski definition) is 1. The highest BCUT2D eigenvalue weighted by Gasteiger charge is 2.07. The van der Waals surface area contributed by atoms with Crippen LogP contribution in [-0.2, 0) is 0 Å². The second-order valence-electron chi connectivity index (χ2n) is 3.28. The molecule has 0 spiro atoms. The van der Waals surface area contributed by atoms with Gasteiger partial charge in [-0.1, -0.05) is 6.08 Å². The molecule has 0 radical (unpaired) electrons. The summed E-state index contributed by atoms with van der Waals surface area (Å²) in [5, 5.41) is 0. The Morgan fingerprint density at radius 3 is 2.12 bits per heavy atom. The molecule has 0 aliphatic rings. The van der Waals surface area contributed by atoms with Crippen LogP contribution in [-0.4, -0.2) is 14.2 Å². The van der Waals surface area contributed by atoms with Crippen LogP contribution in [0.2, 0.25) is 0 Å². The number of nitrogens with two attached hydrogens (primary N) is 1. The number of hydrogen-bond acceptors (Lipinski definition) is 3. The van der Waals surface area contributed by atoms with E-state index in [-0.39, 0.29) is 18.4 Å². The summed E-state index contributed by atoms with van der Waals surface area (Å²) in [5.74, 6) is 1.51. The van der Waals surface area contributed by atoms with Gasteiger partial charge in [0.2, 0.25) is 0 Å². The average molecular weight is 244 g/mol. The molecule has 16 heavy (non-hydrogen) atoms. The van der Waals surface area contributed by atoms with Crippen molar-refractivity contribution < 1.29 is 9.47 Å². The molecule has 0 fully saturated rings. The van der Waals surface area contributed by atoms with E-state index in [2.05, 4.69) is 6.58 Å². The van der Waals surface area contributed by atoms with Crippen molar-refractivity contribution >= 4 is 12.4 Å². The van der Waals surface area contributed by atoms with Crippen molar-refractivity contribution in [3.63, 3.8) is 0 Å². The Kier molecular flexibility index (Phi) is 6.61. The van der Waals surface area contributed by atoms with Crippen LogP contribution < -0.4 is 15.2 Å². The van der Waals surface area contributed by atoms with E-state index >= 15 is 0 Å². The number of methoxy groups -OCH3 is 2. The Hall–Kier alpha value is -1.19. The highest BCUT2D eigenvalue weighted by Crippen LogP contribution is 2.26. The zero-order chi connectivity index (χ0) is 11.3. The number of halogens is 1. The molecule has 4 heteroatoms. The number of rotatable bonds is 5. The Labute approximate surface area is 103 Å². The molecule has 0 unspecified atom stereocenters. The fourth-order valence-electron chi connectivity index (χ4n) is 1.36. The zero-order valence-electron chi connectivity index (χ0n) is 9.60. The first-order chi connectivity index (χ1) is 7.21. The van der Waals surface area contributed by atoms with Gasteiger partial charge < -0.3 is 15.2 Å². The van der Waals surface area contributed by atoms with E-state index in [1.807, 2.05) is 18.2 Å². The van der Waals surface area contributed by atoms with Crippen LogP contribution in [0, 0.1) is 0 Å². The normalized spacial score (nSPS) is 11.2. The van der Waals surface area contributed by atoms with Crippen LogP contribution in [0.4, 0.5) is 0 Å². The first kappa shape index (κ1) is 14.8. The summed E-state index contributed by atoms with van der Waals surface area (Å²) in [6, 6.07) is 5.59. The van der Waals surface area contributed by atoms with Crippen molar-refractivity contribution in [1.82, 2.24) is 0 Å². The van der Waals surface area contributed by atoms with Gasteiger partial charge in [0.15, 0.2) is 0 Å². The first-order valence-corrected chi connectivity index (χ1v) is 4.80. The minimum absolute atomic E-state index is 0. The molecular weight excluding hydrogens is 226 g/mol. The fraction of sp³-hybridized carbons (Fsp3) is 0.333. The zero-order valence-corrected chi connectivity index (χ0v) is 10.4. The third-order valence-corrected chi connectivity index (χ3v) is 2.22. The van der Waals surface area contributed by atoms with Gasteiger partial charge in [-0.15, -0.1) is 19.0 Å². The lowest BCUT2D eigenvalue weighted by Gasteiger charge is -2.13. The quantitative estimate of drug-likeness (QED) is 0.809. The molecule has 0 heterocycles. The SMILES string of the molecule is C=CC[C@H](N)c1cc(OC)cc(OC)c1.Cl. The second-order valence-corrected chi connectivity index (χ2v) is 3.28. The minimum atomic E-state index is -0.0634. The van der Waals surface area contributed by atoms with Crippen molar-refractivity contribution in [3.05, 3.63) is 36.4 Å². The smallest absolute Gasteiger partial charge is 0.122 e. The van der Waals surface area contributed by atoms with Gasteiger partial charge in [0.25, 0.3) is 0 Å². The van der Waals surface area contributed by atoms with Gasteiger partial charge >= 0.3 is 0 Å². The van der Waals surface area contributed by atoms with E-state index in [0.717, 1.165) is 23.5 Å². The number of benzene rings is 1. The van der Waals surface area contributed by atoms with Crippen molar-refractivity contribution in [2.45, 2.75) is 12.5 Å². The molecule has 90 valence electrons. The molecule has 0 aromatic heterocycles. The van der Waals surface area contributed by atoms with Crippen molar-refractivity contribution in [2.24, 2.45) is 5.73 Å². The van der Waals surface area contributed by atoms with E-state index in [1.165, 1.54) is 0 Å². The number of ether oxygens (including phenoxy) is 2. The lowest BCUT2D eigenvalue weighted by molar-refractivity contribution is 0.392. The molecule has 0 aliphatic carbocycles. The topological polar surface area (TPSA) is 44.5 Å². The molecule has 1 aromatic rings. The molecule has 0 saturated carbocycles. The molecule has 0 aliphatic heterocycles. The van der Waals surface area contributed by atoms with E-state index in [0.29, 0.717) is 0 Å². The van der Waals surface area contributed by atoms with E-state index < -0.39 is 0 Å². The Bertz CT molecular complexity index is 320. The van der Waals surface area contributed by atoms with Crippen molar-refractivity contribution in [3.8, 4) is 11.5 Å². The van der Waals surface area contributed by atoms with Gasteiger partial charge in [-0.25, -0.2) is 0 Å². The van der Waals surface area contributed by atoms with Crippen LogP contribution >= 0.6 is 12.4 Å². The summed E-state index contributed by atoms with van der Waals surface area (Å²) in [6.45, 7) is 3.67. The molecule has 1 atom stereocenters. The standard InChI is InChI=1S/C12H17NO2.ClH/c1-4-5-12(13)9-6-10(14-2)8-11(7-9)15-3;/h4,6-8,12H,1,5,13H2,2-3H3;1H/t12-;/m0./s1. The minimum Gasteiger partial charge on any atom is -0.497 e. The van der Waals surface area contributed by atoms with Crippen molar-refractivity contribution in [2.75, 3.05) is 14.2 Å². The Morgan fingerprint density at radius 1 is 1.25 bits per heavy atom. The molecule has 0 amide bonds. The summed E-state index contributed by atoms with van der Waals surface area (Å²) in [5.41, 5.74) is 6.96. The van der Waals surface area contributed by atoms with Gasteiger partial charge in [-0.3, -0.25) is 0 Å². The summed E-state index contributed by atoms with van der Waals surface area (Å²) in [7, 11) is 3.25. The lowest BCUT2D eigenvalue weighted by atomic mass is 10.0. The maximum absolute atomic E-state index is 5.97. The maximum Gasteiger partial charge on any atom is 0.122 e. The molecule has 0 saturated heterocycles. The van der Waals surface area contributed by atoms with E-state index in [1.54, 1.807) is 20.3 Å². The Balaban J connectivity index is 0.00000225. The lowest BCUT2D eigenvalue weighted by Crippen LogP contribution is -2.09. The highest BCUT2D eigenvalue weighted by molar-refractivity contribution is 5.85. The largest absolute Gasteiger partial charge is 0.497 e. The molecular formula is C12H18ClNO2. The maximum atomic E-state index is 5.97. The molecule has 1 rings (SSSR count). The summed E-state index contributed by atoms with van der Waals surface area (Å²) >= 11 is 0. The summed E-state index contributed by atoms with van der Waals surface area (Å²) < 4.78 is 10.3. The van der Waals surface area contributed by atoms with Crippen molar-refractivity contribution in [1.29, 1.82) is 0 Å². The van der Waals surface area contributed by atoms with Gasteiger partial charge in [0, 0.05) is 12.1 Å². The molecule has 0 bridgehead atoms. The summed E-state index contributed by atoms with van der Waals surface area (Å²) in [4.78, 5) is 0. The van der Waals surface area contributed by atoms with E-state index in [9.17, 15) is 0 Å². The average Bonchev–Trinajstić information content (AvgIpc) is 2.28. The van der Waals surface area contributed by atoms with Crippen LogP contribution in [0.25, 0.3) is 0 Å². The molecule has 2 N–H and O–H groups in total. The predicted octanol–water partition coefficient (Wildman–Crippen LogP) is 2.70. The first-order valence-electron chi connectivity index (χ1n) is 4.80. The fourth-order valence-corrected chi connectivity index (χ4v) is 1.36. The third-order valence-electron chi connectivity index (χ3n) is 2.22. The van der Waals surface area contributed by atoms with Gasteiger partial charge in [0.05, 0.1) is 14.2 Å². The second kappa shape index (κ2) is 7.14. The van der Waals surface area contributed by atoms with Crippen LogP contribution in [0.3, 0.4) is 0 Å². The van der Waals surface area contributed by atoms with Gasteiger partial charge in [-0.05, 0) is 24.1 Å². The molecule has 1 aromatic carbocycles. The molecule has 3 nitrogen and oxygen atoms in total. The van der Waals surface area contributed by atoms with Crippen LogP contribution in [0.1, 0.15) is 18.0 Å². The summed E-state index contributed by atoms with van der Waals surface area (Å²) in [6.07, 6.45) is 2.53. The highest BCUT2D eigenvalue weighted by atomic mass is 35.5. The monoisotopic (exact) mass is 243 g/mol. The Morgan fingerprint density at radius 2 is 1.75 bits per heavy atom. The van der Waals surface area contributed by atoms with Gasteiger partial charge in [0.1, 0.15) is 11.5 Å². The van der Waals surface area contributed by atoms with Gasteiger partial charge in [-0.2, -0.15) is 0 Å². The van der Waals surface area contributed by atoms with E-state index in [4.69, 9.17) is 15.2 Å². The van der Waals surface area contributed by atoms with Crippen LogP contribution in [0.15, 0.2) is 30.9 Å². The third kappa shape index (κ3) is 3.76. The van der Waals surface area contributed by atoms with Crippen LogP contribution in [0.5, 0.6) is 11.5 Å².